The number of nitrogens with zero attached hydrogens (tertiary/aromatic N) is 2. The summed E-state index contributed by atoms with van der Waals surface area (Å²) in [7, 11) is -2.64. The molecule has 3 aromatic carbocycles. The summed E-state index contributed by atoms with van der Waals surface area (Å²) in [6, 6.07) is 21.9. The quantitative estimate of drug-likeness (QED) is 0.670. The van der Waals surface area contributed by atoms with Crippen molar-refractivity contribution in [1.29, 1.82) is 0 Å². The van der Waals surface area contributed by atoms with Crippen LogP contribution in [0.5, 0.6) is 5.75 Å². The molecule has 0 fully saturated rings. The SMILES string of the molecule is COc1ccccc1N1C(=O)N(Cc2ccccc2)c2ccccc2S1(=O)=O. The van der Waals surface area contributed by atoms with Gasteiger partial charge in [0.05, 0.1) is 19.3 Å². The number of carbonyl (C=O) groups excluding carboxylic acids is 1. The Bertz CT molecular complexity index is 1130. The van der Waals surface area contributed by atoms with Crippen LogP contribution in [0.2, 0.25) is 0 Å². The Morgan fingerprint density at radius 1 is 0.821 bits per heavy atom. The van der Waals surface area contributed by atoms with Gasteiger partial charge in [-0.25, -0.2) is 13.2 Å². The number of sulfonamides is 1. The monoisotopic (exact) mass is 394 g/mol. The molecule has 0 saturated heterocycles. The van der Waals surface area contributed by atoms with Gasteiger partial charge in [0.25, 0.3) is 10.0 Å². The van der Waals surface area contributed by atoms with E-state index in [9.17, 15) is 13.2 Å². The van der Waals surface area contributed by atoms with Crippen molar-refractivity contribution in [2.24, 2.45) is 0 Å². The van der Waals surface area contributed by atoms with Gasteiger partial charge in [-0.3, -0.25) is 4.90 Å². The summed E-state index contributed by atoms with van der Waals surface area (Å²) in [5, 5.41) is 0. The van der Waals surface area contributed by atoms with Crippen LogP contribution in [0.15, 0.2) is 83.8 Å². The second kappa shape index (κ2) is 7.01. The number of urea groups is 1. The lowest BCUT2D eigenvalue weighted by molar-refractivity contribution is 0.253. The summed E-state index contributed by atoms with van der Waals surface area (Å²) >= 11 is 0. The summed E-state index contributed by atoms with van der Waals surface area (Å²) in [6.45, 7) is 0.248. The molecule has 0 atom stereocenters. The lowest BCUT2D eigenvalue weighted by Gasteiger charge is -2.36. The van der Waals surface area contributed by atoms with Crippen molar-refractivity contribution >= 4 is 27.4 Å². The molecule has 1 aliphatic rings. The Morgan fingerprint density at radius 2 is 1.43 bits per heavy atom. The first-order valence-corrected chi connectivity index (χ1v) is 10.1. The van der Waals surface area contributed by atoms with Gasteiger partial charge in [0.1, 0.15) is 16.3 Å². The number of benzene rings is 3. The molecule has 0 saturated carbocycles. The average molecular weight is 394 g/mol. The minimum atomic E-state index is -4.08. The van der Waals surface area contributed by atoms with Crippen molar-refractivity contribution in [3.05, 3.63) is 84.4 Å². The normalized spacial score (nSPS) is 15.2. The van der Waals surface area contributed by atoms with Gasteiger partial charge in [-0.2, -0.15) is 4.31 Å². The number of anilines is 2. The largest absolute Gasteiger partial charge is 0.495 e. The molecule has 0 N–H and O–H groups in total. The Hall–Kier alpha value is -3.32. The maximum absolute atomic E-state index is 13.4. The van der Waals surface area contributed by atoms with E-state index >= 15 is 0 Å². The molecule has 1 heterocycles. The number of carbonyl (C=O) groups is 1. The molecular formula is C21H18N2O4S. The van der Waals surface area contributed by atoms with Crippen LogP contribution in [-0.2, 0) is 16.6 Å². The topological polar surface area (TPSA) is 66.9 Å². The standard InChI is InChI=1S/C21H18N2O4S/c1-27-19-13-7-5-11-17(19)23-21(24)22(15-16-9-3-2-4-10-16)18-12-6-8-14-20(18)28(23,25)26/h2-14H,15H2,1H3. The number of hydrogen-bond acceptors (Lipinski definition) is 4. The maximum Gasteiger partial charge on any atom is 0.343 e. The Labute approximate surface area is 163 Å². The molecule has 0 unspecified atom stereocenters. The van der Waals surface area contributed by atoms with Gasteiger partial charge >= 0.3 is 6.03 Å². The van der Waals surface area contributed by atoms with Gasteiger partial charge in [-0.1, -0.05) is 54.6 Å². The molecule has 1 aliphatic heterocycles. The van der Waals surface area contributed by atoms with Gasteiger partial charge in [0, 0.05) is 0 Å². The Morgan fingerprint density at radius 3 is 2.14 bits per heavy atom. The number of fused-ring (bicyclic) bond motifs is 1. The first kappa shape index (κ1) is 18.1. The minimum absolute atomic E-state index is 0.0800. The highest BCUT2D eigenvalue weighted by molar-refractivity contribution is 7.94. The number of hydrogen-bond donors (Lipinski definition) is 0. The number of rotatable bonds is 4. The van der Waals surface area contributed by atoms with Crippen LogP contribution in [0.3, 0.4) is 0 Å². The molecule has 2 amide bonds. The average Bonchev–Trinajstić information content (AvgIpc) is 2.72. The van der Waals surface area contributed by atoms with Crippen LogP contribution in [0, 0.1) is 0 Å². The number of methoxy groups -OCH3 is 1. The lowest BCUT2D eigenvalue weighted by atomic mass is 10.2. The Balaban J connectivity index is 1.90. The van der Waals surface area contributed by atoms with Crippen LogP contribution in [0.1, 0.15) is 5.56 Å². The molecule has 0 bridgehead atoms. The number of ether oxygens (including phenoxy) is 1. The summed E-state index contributed by atoms with van der Waals surface area (Å²) in [5.74, 6) is 0.304. The van der Waals surface area contributed by atoms with Gasteiger partial charge in [-0.15, -0.1) is 0 Å². The molecular weight excluding hydrogens is 376 g/mol. The van der Waals surface area contributed by atoms with E-state index in [2.05, 4.69) is 0 Å². The third-order valence-electron chi connectivity index (χ3n) is 4.57. The predicted molar refractivity (Wildman–Crippen MR) is 107 cm³/mol. The number of para-hydroxylation sites is 3. The van der Waals surface area contributed by atoms with Crippen LogP contribution >= 0.6 is 0 Å². The van der Waals surface area contributed by atoms with E-state index in [1.165, 1.54) is 18.1 Å². The van der Waals surface area contributed by atoms with E-state index in [1.54, 1.807) is 42.5 Å². The highest BCUT2D eigenvalue weighted by atomic mass is 32.2. The zero-order chi connectivity index (χ0) is 19.7. The van der Waals surface area contributed by atoms with Crippen LogP contribution in [0.25, 0.3) is 0 Å². The second-order valence-electron chi connectivity index (χ2n) is 6.26. The molecule has 0 aliphatic carbocycles. The van der Waals surface area contributed by atoms with Crippen molar-refractivity contribution in [3.8, 4) is 5.75 Å². The van der Waals surface area contributed by atoms with Crippen molar-refractivity contribution in [1.82, 2.24) is 0 Å². The molecule has 0 aromatic heterocycles. The van der Waals surface area contributed by atoms with Crippen LogP contribution in [0.4, 0.5) is 16.2 Å². The van der Waals surface area contributed by atoms with Crippen molar-refractivity contribution in [2.45, 2.75) is 11.4 Å². The first-order chi connectivity index (χ1) is 13.5. The van der Waals surface area contributed by atoms with E-state index in [4.69, 9.17) is 4.74 Å². The minimum Gasteiger partial charge on any atom is -0.495 e. The molecule has 142 valence electrons. The molecule has 0 spiro atoms. The van der Waals surface area contributed by atoms with Gasteiger partial charge in [-0.05, 0) is 29.8 Å². The van der Waals surface area contributed by atoms with Crippen molar-refractivity contribution in [2.75, 3.05) is 16.3 Å². The summed E-state index contributed by atoms with van der Waals surface area (Å²) in [5.41, 5.74) is 1.44. The first-order valence-electron chi connectivity index (χ1n) is 8.67. The number of amides is 2. The van der Waals surface area contributed by atoms with Crippen LogP contribution in [-0.4, -0.2) is 21.6 Å². The molecule has 4 rings (SSSR count). The maximum atomic E-state index is 13.4. The van der Waals surface area contributed by atoms with E-state index in [1.807, 2.05) is 30.3 Å². The predicted octanol–water partition coefficient (Wildman–Crippen LogP) is 4.03. The molecule has 0 radical (unpaired) electrons. The zero-order valence-electron chi connectivity index (χ0n) is 15.1. The third kappa shape index (κ3) is 2.90. The van der Waals surface area contributed by atoms with Gasteiger partial charge in [0.2, 0.25) is 0 Å². The zero-order valence-corrected chi connectivity index (χ0v) is 16.0. The highest BCUT2D eigenvalue weighted by Crippen LogP contribution is 2.40. The summed E-state index contributed by atoms with van der Waals surface area (Å²) in [6.07, 6.45) is 0. The van der Waals surface area contributed by atoms with E-state index < -0.39 is 16.1 Å². The van der Waals surface area contributed by atoms with E-state index in [0.717, 1.165) is 9.87 Å². The molecule has 7 heteroatoms. The third-order valence-corrected chi connectivity index (χ3v) is 6.30. The van der Waals surface area contributed by atoms with Crippen LogP contribution < -0.4 is 13.9 Å². The van der Waals surface area contributed by atoms with E-state index in [-0.39, 0.29) is 17.1 Å². The highest BCUT2D eigenvalue weighted by Gasteiger charge is 2.43. The molecule has 6 nitrogen and oxygen atoms in total. The Kier molecular flexibility index (Phi) is 4.52. The fraction of sp³-hybridized carbons (Fsp3) is 0.0952. The second-order valence-corrected chi connectivity index (χ2v) is 8.02. The summed E-state index contributed by atoms with van der Waals surface area (Å²) < 4.78 is 32.7. The molecule has 28 heavy (non-hydrogen) atoms. The van der Waals surface area contributed by atoms with E-state index in [0.29, 0.717) is 11.4 Å². The smallest absolute Gasteiger partial charge is 0.343 e. The lowest BCUT2D eigenvalue weighted by Crippen LogP contribution is -2.50. The summed E-state index contributed by atoms with van der Waals surface area (Å²) in [4.78, 5) is 14.9. The van der Waals surface area contributed by atoms with Crippen molar-refractivity contribution < 1.29 is 17.9 Å². The van der Waals surface area contributed by atoms with Gasteiger partial charge < -0.3 is 4.74 Å². The van der Waals surface area contributed by atoms with Gasteiger partial charge in [0.15, 0.2) is 0 Å². The fourth-order valence-electron chi connectivity index (χ4n) is 3.26. The fourth-order valence-corrected chi connectivity index (χ4v) is 4.86. The van der Waals surface area contributed by atoms with Crippen molar-refractivity contribution in [3.63, 3.8) is 0 Å². The molecule has 3 aromatic rings.